The lowest BCUT2D eigenvalue weighted by Crippen LogP contribution is -2.49. The Morgan fingerprint density at radius 2 is 1.74 bits per heavy atom. The van der Waals surface area contributed by atoms with Crippen molar-refractivity contribution in [3.8, 4) is 16.9 Å². The highest BCUT2D eigenvalue weighted by Crippen LogP contribution is 2.30. The summed E-state index contributed by atoms with van der Waals surface area (Å²) in [7, 11) is 0. The van der Waals surface area contributed by atoms with Crippen LogP contribution in [0.5, 0.6) is 5.75 Å². The highest BCUT2D eigenvalue weighted by Gasteiger charge is 2.28. The molecule has 4 nitrogen and oxygen atoms in total. The third kappa shape index (κ3) is 4.51. The second kappa shape index (κ2) is 8.13. The van der Waals surface area contributed by atoms with E-state index in [-0.39, 0.29) is 5.91 Å². The number of nitrogens with zero attached hydrogens (tertiary/aromatic N) is 2. The monoisotopic (exact) mass is 364 g/mol. The molecular weight excluding hydrogens is 336 g/mol. The number of amides is 1. The Kier molecular flexibility index (Phi) is 5.44. The first-order valence-corrected chi connectivity index (χ1v) is 10.1. The van der Waals surface area contributed by atoms with Crippen LogP contribution in [0.2, 0.25) is 0 Å². The second-order valence-electron chi connectivity index (χ2n) is 7.57. The van der Waals surface area contributed by atoms with Crippen LogP contribution in [0.15, 0.2) is 48.5 Å². The first-order valence-electron chi connectivity index (χ1n) is 10.1. The standard InChI is InChI=1S/C23H28N2O2/c1-2-27-22-10-8-19(9-11-22)20-4-3-5-21(16-20)23(26)25-14-12-24(13-15-25)17-18-6-7-18/h3-5,8-11,16,18H,2,6-7,12-15,17H2,1H3. The molecule has 4 heteroatoms. The van der Waals surface area contributed by atoms with Crippen LogP contribution < -0.4 is 4.74 Å². The van der Waals surface area contributed by atoms with E-state index in [2.05, 4.69) is 11.0 Å². The maximum Gasteiger partial charge on any atom is 0.253 e. The van der Waals surface area contributed by atoms with Gasteiger partial charge in [-0.2, -0.15) is 0 Å². The molecule has 0 atom stereocenters. The molecule has 142 valence electrons. The van der Waals surface area contributed by atoms with Crippen molar-refractivity contribution in [2.45, 2.75) is 19.8 Å². The van der Waals surface area contributed by atoms with E-state index in [4.69, 9.17) is 4.74 Å². The van der Waals surface area contributed by atoms with Gasteiger partial charge in [0.05, 0.1) is 6.61 Å². The number of carbonyl (C=O) groups excluding carboxylic acids is 1. The molecule has 0 spiro atoms. The number of rotatable bonds is 6. The Morgan fingerprint density at radius 1 is 1.00 bits per heavy atom. The number of carbonyl (C=O) groups is 1. The summed E-state index contributed by atoms with van der Waals surface area (Å²) < 4.78 is 5.51. The van der Waals surface area contributed by atoms with Gasteiger partial charge in [-0.25, -0.2) is 0 Å². The highest BCUT2D eigenvalue weighted by atomic mass is 16.5. The molecule has 1 saturated carbocycles. The van der Waals surface area contributed by atoms with Crippen LogP contribution in [-0.4, -0.2) is 55.0 Å². The minimum atomic E-state index is 0.147. The largest absolute Gasteiger partial charge is 0.494 e. The molecule has 2 aromatic rings. The van der Waals surface area contributed by atoms with Crippen molar-refractivity contribution in [3.05, 3.63) is 54.1 Å². The van der Waals surface area contributed by atoms with Gasteiger partial charge in [0, 0.05) is 38.3 Å². The molecule has 0 radical (unpaired) electrons. The average Bonchev–Trinajstić information content (AvgIpc) is 3.53. The molecule has 1 heterocycles. The van der Waals surface area contributed by atoms with E-state index in [0.717, 1.165) is 54.5 Å². The van der Waals surface area contributed by atoms with Crippen LogP contribution in [0.3, 0.4) is 0 Å². The molecule has 2 aliphatic rings. The predicted molar refractivity (Wildman–Crippen MR) is 108 cm³/mol. The summed E-state index contributed by atoms with van der Waals surface area (Å²) in [4.78, 5) is 17.5. The Hall–Kier alpha value is -2.33. The lowest BCUT2D eigenvalue weighted by Gasteiger charge is -2.34. The van der Waals surface area contributed by atoms with Crippen LogP contribution in [0.4, 0.5) is 0 Å². The molecule has 1 amide bonds. The van der Waals surface area contributed by atoms with E-state index < -0.39 is 0 Å². The SMILES string of the molecule is CCOc1ccc(-c2cccc(C(=O)N3CCN(CC4CC4)CC3)c2)cc1. The number of hydrogen-bond acceptors (Lipinski definition) is 3. The van der Waals surface area contributed by atoms with Crippen molar-refractivity contribution in [2.24, 2.45) is 5.92 Å². The van der Waals surface area contributed by atoms with Crippen molar-refractivity contribution >= 4 is 5.91 Å². The first-order chi connectivity index (χ1) is 13.2. The van der Waals surface area contributed by atoms with Crippen molar-refractivity contribution in [2.75, 3.05) is 39.3 Å². The van der Waals surface area contributed by atoms with E-state index in [1.165, 1.54) is 19.4 Å². The van der Waals surface area contributed by atoms with Crippen molar-refractivity contribution < 1.29 is 9.53 Å². The van der Waals surface area contributed by atoms with Gasteiger partial charge in [0.25, 0.3) is 5.91 Å². The van der Waals surface area contributed by atoms with Crippen molar-refractivity contribution in [1.82, 2.24) is 9.80 Å². The number of ether oxygens (including phenoxy) is 1. The number of benzene rings is 2. The Morgan fingerprint density at radius 3 is 2.41 bits per heavy atom. The zero-order valence-corrected chi connectivity index (χ0v) is 16.1. The summed E-state index contributed by atoms with van der Waals surface area (Å²) in [6.45, 7) is 7.53. The number of piperazine rings is 1. The molecule has 4 rings (SSSR count). The van der Waals surface area contributed by atoms with Gasteiger partial charge in [-0.05, 0) is 61.1 Å². The molecule has 0 unspecified atom stereocenters. The minimum Gasteiger partial charge on any atom is -0.494 e. The molecule has 0 N–H and O–H groups in total. The normalized spacial score (nSPS) is 17.7. The van der Waals surface area contributed by atoms with Crippen molar-refractivity contribution in [3.63, 3.8) is 0 Å². The molecule has 2 aromatic carbocycles. The van der Waals surface area contributed by atoms with Crippen LogP contribution in [0.25, 0.3) is 11.1 Å². The summed E-state index contributed by atoms with van der Waals surface area (Å²) >= 11 is 0. The summed E-state index contributed by atoms with van der Waals surface area (Å²) in [5, 5.41) is 0. The van der Waals surface area contributed by atoms with Gasteiger partial charge in [-0.15, -0.1) is 0 Å². The van der Waals surface area contributed by atoms with Gasteiger partial charge >= 0.3 is 0 Å². The fourth-order valence-electron chi connectivity index (χ4n) is 3.72. The fourth-order valence-corrected chi connectivity index (χ4v) is 3.72. The predicted octanol–water partition coefficient (Wildman–Crippen LogP) is 3.92. The Labute approximate surface area is 161 Å². The van der Waals surface area contributed by atoms with Gasteiger partial charge in [0.1, 0.15) is 5.75 Å². The summed E-state index contributed by atoms with van der Waals surface area (Å²) in [5.41, 5.74) is 2.94. The molecule has 2 fully saturated rings. The fraction of sp³-hybridized carbons (Fsp3) is 0.435. The third-order valence-electron chi connectivity index (χ3n) is 5.48. The lowest BCUT2D eigenvalue weighted by atomic mass is 10.0. The Bertz CT molecular complexity index is 775. The maximum absolute atomic E-state index is 13.0. The second-order valence-corrected chi connectivity index (χ2v) is 7.57. The van der Waals surface area contributed by atoms with E-state index >= 15 is 0 Å². The van der Waals surface area contributed by atoms with Crippen LogP contribution in [0, 0.1) is 5.92 Å². The zero-order valence-electron chi connectivity index (χ0n) is 16.1. The molecule has 1 aliphatic carbocycles. The molecular formula is C23H28N2O2. The lowest BCUT2D eigenvalue weighted by molar-refractivity contribution is 0.0632. The van der Waals surface area contributed by atoms with Crippen LogP contribution in [-0.2, 0) is 0 Å². The van der Waals surface area contributed by atoms with Gasteiger partial charge in [0.15, 0.2) is 0 Å². The Balaban J connectivity index is 1.41. The molecule has 27 heavy (non-hydrogen) atoms. The first kappa shape index (κ1) is 18.1. The van der Waals surface area contributed by atoms with Crippen LogP contribution in [0.1, 0.15) is 30.1 Å². The summed E-state index contributed by atoms with van der Waals surface area (Å²) in [6.07, 6.45) is 2.77. The van der Waals surface area contributed by atoms with E-state index in [9.17, 15) is 4.79 Å². The van der Waals surface area contributed by atoms with E-state index in [0.29, 0.717) is 6.61 Å². The average molecular weight is 364 g/mol. The van der Waals surface area contributed by atoms with Gasteiger partial charge in [0.2, 0.25) is 0 Å². The minimum absolute atomic E-state index is 0.147. The van der Waals surface area contributed by atoms with E-state index in [1.54, 1.807) is 0 Å². The maximum atomic E-state index is 13.0. The number of hydrogen-bond donors (Lipinski definition) is 0. The zero-order chi connectivity index (χ0) is 18.6. The van der Waals surface area contributed by atoms with Crippen molar-refractivity contribution in [1.29, 1.82) is 0 Å². The van der Waals surface area contributed by atoms with Crippen LogP contribution >= 0.6 is 0 Å². The topological polar surface area (TPSA) is 32.8 Å². The molecule has 1 aliphatic heterocycles. The highest BCUT2D eigenvalue weighted by molar-refractivity contribution is 5.95. The summed E-state index contributed by atoms with van der Waals surface area (Å²) in [5.74, 6) is 1.93. The van der Waals surface area contributed by atoms with Gasteiger partial charge in [-0.3, -0.25) is 9.69 Å². The summed E-state index contributed by atoms with van der Waals surface area (Å²) in [6, 6.07) is 16.0. The van der Waals surface area contributed by atoms with E-state index in [1.807, 2.05) is 54.3 Å². The molecule has 0 bridgehead atoms. The molecule has 0 aromatic heterocycles. The van der Waals surface area contributed by atoms with Gasteiger partial charge < -0.3 is 9.64 Å². The third-order valence-corrected chi connectivity index (χ3v) is 5.48. The van der Waals surface area contributed by atoms with Gasteiger partial charge in [-0.1, -0.05) is 24.3 Å². The molecule has 1 saturated heterocycles. The quantitative estimate of drug-likeness (QED) is 0.779. The smallest absolute Gasteiger partial charge is 0.253 e.